The number of carboxylic acid groups (broad SMARTS) is 1. The molecule has 0 aromatic heterocycles. The monoisotopic (exact) mass is 269 g/mol. The quantitative estimate of drug-likeness (QED) is 0.803. The third kappa shape index (κ3) is 3.29. The van der Waals surface area contributed by atoms with Crippen LogP contribution in [0.25, 0.3) is 0 Å². The molecular formula is C15H27NO3. The lowest BCUT2D eigenvalue weighted by Gasteiger charge is -2.41. The summed E-state index contributed by atoms with van der Waals surface area (Å²) in [6, 6.07) is 0. The summed E-state index contributed by atoms with van der Waals surface area (Å²) < 4.78 is 0. The molecule has 0 amide bonds. The third-order valence-corrected chi connectivity index (χ3v) is 5.05. The van der Waals surface area contributed by atoms with E-state index < -0.39 is 17.0 Å². The number of rotatable bonds is 5. The molecule has 0 aromatic carbocycles. The minimum absolute atomic E-state index is 0.506. The molecule has 0 bridgehead atoms. The fourth-order valence-corrected chi connectivity index (χ4v) is 3.80. The molecule has 2 fully saturated rings. The number of β-amino-alcohol motifs (C(OH)–C–C–N with tert-alkyl or cyclic N) is 1. The van der Waals surface area contributed by atoms with Crippen molar-refractivity contribution < 1.29 is 15.0 Å². The van der Waals surface area contributed by atoms with Crippen LogP contribution in [0.3, 0.4) is 0 Å². The fraction of sp³-hybridized carbons (Fsp3) is 0.933. The maximum atomic E-state index is 11.5. The second-order valence-electron chi connectivity index (χ2n) is 6.54. The predicted molar refractivity (Wildman–Crippen MR) is 74.1 cm³/mol. The van der Waals surface area contributed by atoms with Crippen molar-refractivity contribution in [1.82, 2.24) is 4.90 Å². The summed E-state index contributed by atoms with van der Waals surface area (Å²) in [4.78, 5) is 13.8. The minimum Gasteiger partial charge on any atom is -0.481 e. The van der Waals surface area contributed by atoms with Gasteiger partial charge < -0.3 is 15.1 Å². The number of carbonyl (C=O) groups is 1. The van der Waals surface area contributed by atoms with Gasteiger partial charge in [0.05, 0.1) is 11.0 Å². The second-order valence-corrected chi connectivity index (χ2v) is 6.54. The minimum atomic E-state index is -0.631. The number of piperidine rings is 1. The first kappa shape index (κ1) is 14.8. The van der Waals surface area contributed by atoms with Gasteiger partial charge in [-0.15, -0.1) is 0 Å². The summed E-state index contributed by atoms with van der Waals surface area (Å²) in [6.07, 6.45) is 7.22. The van der Waals surface area contributed by atoms with Crippen LogP contribution in [-0.4, -0.2) is 46.3 Å². The van der Waals surface area contributed by atoms with Crippen molar-refractivity contribution in [3.05, 3.63) is 0 Å². The lowest BCUT2D eigenvalue weighted by Crippen LogP contribution is -2.49. The second kappa shape index (κ2) is 5.80. The molecule has 4 heteroatoms. The molecule has 0 spiro atoms. The van der Waals surface area contributed by atoms with E-state index in [4.69, 9.17) is 0 Å². The van der Waals surface area contributed by atoms with Gasteiger partial charge in [0.15, 0.2) is 0 Å². The highest BCUT2D eigenvalue weighted by atomic mass is 16.4. The number of hydrogen-bond acceptors (Lipinski definition) is 3. The number of carboxylic acids is 1. The Morgan fingerprint density at radius 2 is 1.74 bits per heavy atom. The molecule has 0 radical (unpaired) electrons. The van der Waals surface area contributed by atoms with Crippen LogP contribution in [-0.2, 0) is 4.79 Å². The first-order chi connectivity index (χ1) is 9.00. The Bertz CT molecular complexity index is 315. The maximum Gasteiger partial charge on any atom is 0.309 e. The summed E-state index contributed by atoms with van der Waals surface area (Å²) in [7, 11) is 0. The molecule has 0 atom stereocenters. The molecule has 1 aliphatic carbocycles. The number of aliphatic hydroxyl groups is 1. The molecule has 0 unspecified atom stereocenters. The SMILES string of the molecule is CCCC1(C(=O)O)CCN(CC2(O)CCCC2)CC1. The van der Waals surface area contributed by atoms with Gasteiger partial charge in [0, 0.05) is 6.54 Å². The van der Waals surface area contributed by atoms with E-state index in [1.807, 2.05) is 0 Å². The van der Waals surface area contributed by atoms with Crippen LogP contribution < -0.4 is 0 Å². The Balaban J connectivity index is 1.89. The van der Waals surface area contributed by atoms with Crippen molar-refractivity contribution in [2.24, 2.45) is 5.41 Å². The van der Waals surface area contributed by atoms with Gasteiger partial charge in [-0.25, -0.2) is 0 Å². The molecule has 110 valence electrons. The summed E-state index contributed by atoms with van der Waals surface area (Å²) in [6.45, 7) is 4.41. The highest BCUT2D eigenvalue weighted by Crippen LogP contribution is 2.38. The zero-order chi connectivity index (χ0) is 13.9. The standard InChI is InChI=1S/C15H27NO3/c1-2-5-14(13(17)18)8-10-16(11-9-14)12-15(19)6-3-4-7-15/h19H,2-12H2,1H3,(H,17,18). The lowest BCUT2D eigenvalue weighted by molar-refractivity contribution is -0.153. The van der Waals surface area contributed by atoms with Crippen LogP contribution in [0.5, 0.6) is 0 Å². The molecule has 2 N–H and O–H groups in total. The Kier molecular flexibility index (Phi) is 4.51. The van der Waals surface area contributed by atoms with E-state index in [9.17, 15) is 15.0 Å². The Morgan fingerprint density at radius 3 is 2.21 bits per heavy atom. The first-order valence-electron chi connectivity index (χ1n) is 7.68. The zero-order valence-electron chi connectivity index (χ0n) is 12.0. The third-order valence-electron chi connectivity index (χ3n) is 5.05. The predicted octanol–water partition coefficient (Wildman–Crippen LogP) is 2.26. The highest BCUT2D eigenvalue weighted by molar-refractivity contribution is 5.74. The van der Waals surface area contributed by atoms with Gasteiger partial charge in [-0.05, 0) is 45.2 Å². The Morgan fingerprint density at radius 1 is 1.16 bits per heavy atom. The van der Waals surface area contributed by atoms with Crippen molar-refractivity contribution >= 4 is 5.97 Å². The van der Waals surface area contributed by atoms with Gasteiger partial charge in [-0.2, -0.15) is 0 Å². The van der Waals surface area contributed by atoms with E-state index >= 15 is 0 Å². The lowest BCUT2D eigenvalue weighted by atomic mass is 9.75. The average molecular weight is 269 g/mol. The van der Waals surface area contributed by atoms with Crippen LogP contribution in [0.2, 0.25) is 0 Å². The molecule has 2 rings (SSSR count). The van der Waals surface area contributed by atoms with Gasteiger partial charge >= 0.3 is 5.97 Å². The number of nitrogens with zero attached hydrogens (tertiary/aromatic N) is 1. The van der Waals surface area contributed by atoms with Crippen molar-refractivity contribution in [2.45, 2.75) is 63.9 Å². The number of hydrogen-bond donors (Lipinski definition) is 2. The molecule has 4 nitrogen and oxygen atoms in total. The van der Waals surface area contributed by atoms with Gasteiger partial charge in [-0.1, -0.05) is 26.2 Å². The van der Waals surface area contributed by atoms with Gasteiger partial charge in [0.1, 0.15) is 0 Å². The molecule has 1 aliphatic heterocycles. The van der Waals surface area contributed by atoms with Crippen molar-refractivity contribution in [3.8, 4) is 0 Å². The van der Waals surface area contributed by atoms with E-state index in [-0.39, 0.29) is 0 Å². The summed E-state index contributed by atoms with van der Waals surface area (Å²) >= 11 is 0. The summed E-state index contributed by atoms with van der Waals surface area (Å²) in [5.74, 6) is -0.631. The topological polar surface area (TPSA) is 60.8 Å². The van der Waals surface area contributed by atoms with Gasteiger partial charge in [-0.3, -0.25) is 4.79 Å². The molecule has 19 heavy (non-hydrogen) atoms. The summed E-state index contributed by atoms with van der Waals surface area (Å²) in [5.41, 5.74) is -1.02. The van der Waals surface area contributed by atoms with Crippen molar-refractivity contribution in [3.63, 3.8) is 0 Å². The summed E-state index contributed by atoms with van der Waals surface area (Å²) in [5, 5.41) is 19.9. The number of likely N-dealkylation sites (tertiary alicyclic amines) is 1. The zero-order valence-corrected chi connectivity index (χ0v) is 12.0. The average Bonchev–Trinajstić information content (AvgIpc) is 2.79. The Labute approximate surface area is 115 Å². The van der Waals surface area contributed by atoms with E-state index in [2.05, 4.69) is 11.8 Å². The van der Waals surface area contributed by atoms with E-state index in [0.29, 0.717) is 0 Å². The Hall–Kier alpha value is -0.610. The maximum absolute atomic E-state index is 11.5. The van der Waals surface area contributed by atoms with Crippen LogP contribution in [0, 0.1) is 5.41 Å². The van der Waals surface area contributed by atoms with Crippen LogP contribution in [0.15, 0.2) is 0 Å². The van der Waals surface area contributed by atoms with E-state index in [1.54, 1.807) is 0 Å². The van der Waals surface area contributed by atoms with Gasteiger partial charge in [0.25, 0.3) is 0 Å². The largest absolute Gasteiger partial charge is 0.481 e. The van der Waals surface area contributed by atoms with Crippen LogP contribution in [0.1, 0.15) is 58.3 Å². The molecule has 1 heterocycles. The first-order valence-corrected chi connectivity index (χ1v) is 7.68. The van der Waals surface area contributed by atoms with Crippen molar-refractivity contribution in [2.75, 3.05) is 19.6 Å². The van der Waals surface area contributed by atoms with Crippen molar-refractivity contribution in [1.29, 1.82) is 0 Å². The molecule has 1 saturated carbocycles. The fourth-order valence-electron chi connectivity index (χ4n) is 3.80. The molecule has 1 saturated heterocycles. The van der Waals surface area contributed by atoms with E-state index in [1.165, 1.54) is 0 Å². The van der Waals surface area contributed by atoms with Crippen LogP contribution >= 0.6 is 0 Å². The number of aliphatic carboxylic acids is 1. The van der Waals surface area contributed by atoms with Gasteiger partial charge in [0.2, 0.25) is 0 Å². The highest BCUT2D eigenvalue weighted by Gasteiger charge is 2.42. The normalized spacial score (nSPS) is 26.4. The van der Waals surface area contributed by atoms with Crippen LogP contribution in [0.4, 0.5) is 0 Å². The molecule has 0 aromatic rings. The molecular weight excluding hydrogens is 242 g/mol. The molecule has 2 aliphatic rings. The van der Waals surface area contributed by atoms with E-state index in [0.717, 1.165) is 71.0 Å². The smallest absolute Gasteiger partial charge is 0.309 e.